The summed E-state index contributed by atoms with van der Waals surface area (Å²) >= 11 is 0. The van der Waals surface area contributed by atoms with Gasteiger partial charge in [0.15, 0.2) is 5.82 Å². The normalized spacial score (nSPS) is 23.7. The number of piperidine rings is 1. The Labute approximate surface area is 162 Å². The molecule has 2 aliphatic rings. The highest BCUT2D eigenvalue weighted by molar-refractivity contribution is 5.56. The molecular weight excluding hydrogens is 354 g/mol. The van der Waals surface area contributed by atoms with Gasteiger partial charge in [0.2, 0.25) is 0 Å². The molecule has 2 atom stereocenters. The smallest absolute Gasteiger partial charge is 0.274 e. The summed E-state index contributed by atoms with van der Waals surface area (Å²) in [5.41, 5.74) is 1.54. The molecule has 8 nitrogen and oxygen atoms in total. The van der Waals surface area contributed by atoms with E-state index in [1.54, 1.807) is 29.2 Å². The summed E-state index contributed by atoms with van der Waals surface area (Å²) in [6.07, 6.45) is 8.24. The Morgan fingerprint density at radius 2 is 1.93 bits per heavy atom. The third kappa shape index (κ3) is 3.09. The number of nitrogens with zero attached hydrogens (tertiary/aromatic N) is 5. The largest absolute Gasteiger partial charge is 0.355 e. The molecule has 2 bridgehead atoms. The second kappa shape index (κ2) is 6.87. The van der Waals surface area contributed by atoms with E-state index in [-0.39, 0.29) is 5.56 Å². The molecule has 0 amide bonds. The van der Waals surface area contributed by atoms with Crippen LogP contribution >= 0.6 is 0 Å². The second-order valence-electron chi connectivity index (χ2n) is 7.69. The SMILES string of the molecule is CN(c1ccc(-c2ccc(-n3cccn3)c(=O)[nH]2)nn1)C1CC2CCC(C1)N2. The lowest BCUT2D eigenvalue weighted by Crippen LogP contribution is -2.47. The highest BCUT2D eigenvalue weighted by Crippen LogP contribution is 2.31. The van der Waals surface area contributed by atoms with Crippen LogP contribution in [-0.2, 0) is 0 Å². The van der Waals surface area contributed by atoms with Gasteiger partial charge in [-0.3, -0.25) is 4.79 Å². The number of fused-ring (bicyclic) bond motifs is 2. The number of aromatic amines is 1. The zero-order valence-corrected chi connectivity index (χ0v) is 15.7. The number of pyridine rings is 1. The third-order valence-corrected chi connectivity index (χ3v) is 5.92. The average molecular weight is 377 g/mol. The van der Waals surface area contributed by atoms with Crippen LogP contribution in [-0.4, -0.2) is 50.1 Å². The fourth-order valence-corrected chi connectivity index (χ4v) is 4.39. The van der Waals surface area contributed by atoms with Gasteiger partial charge in [-0.1, -0.05) is 0 Å². The van der Waals surface area contributed by atoms with Crippen molar-refractivity contribution in [3.8, 4) is 17.1 Å². The van der Waals surface area contributed by atoms with E-state index in [1.807, 2.05) is 18.2 Å². The van der Waals surface area contributed by atoms with E-state index < -0.39 is 0 Å². The predicted molar refractivity (Wildman–Crippen MR) is 107 cm³/mol. The molecule has 144 valence electrons. The van der Waals surface area contributed by atoms with Crippen LogP contribution in [0.4, 0.5) is 5.82 Å². The molecule has 8 heteroatoms. The molecule has 2 aliphatic heterocycles. The molecule has 5 rings (SSSR count). The van der Waals surface area contributed by atoms with Gasteiger partial charge in [0, 0.05) is 37.6 Å². The lowest BCUT2D eigenvalue weighted by Gasteiger charge is -2.36. The molecule has 2 unspecified atom stereocenters. The van der Waals surface area contributed by atoms with Gasteiger partial charge in [-0.2, -0.15) is 5.10 Å². The number of aromatic nitrogens is 5. The molecule has 0 radical (unpaired) electrons. The highest BCUT2D eigenvalue weighted by atomic mass is 16.1. The number of rotatable bonds is 4. The van der Waals surface area contributed by atoms with Gasteiger partial charge in [-0.05, 0) is 56.0 Å². The minimum Gasteiger partial charge on any atom is -0.355 e. The van der Waals surface area contributed by atoms with Crippen molar-refractivity contribution < 1.29 is 0 Å². The zero-order valence-electron chi connectivity index (χ0n) is 15.7. The average Bonchev–Trinajstić information content (AvgIpc) is 3.37. The molecule has 5 heterocycles. The Morgan fingerprint density at radius 1 is 1.11 bits per heavy atom. The molecule has 0 aromatic carbocycles. The molecule has 0 aliphatic carbocycles. The number of H-pyrrole nitrogens is 1. The number of nitrogens with one attached hydrogen (secondary N) is 2. The van der Waals surface area contributed by atoms with Crippen LogP contribution in [0.15, 0.2) is 47.5 Å². The lowest BCUT2D eigenvalue weighted by atomic mass is 9.98. The summed E-state index contributed by atoms with van der Waals surface area (Å²) in [6, 6.07) is 11.0. The predicted octanol–water partition coefficient (Wildman–Crippen LogP) is 1.74. The van der Waals surface area contributed by atoms with Gasteiger partial charge in [0.25, 0.3) is 5.56 Å². The Morgan fingerprint density at radius 3 is 2.57 bits per heavy atom. The van der Waals surface area contributed by atoms with Crippen molar-refractivity contribution in [2.45, 2.75) is 43.8 Å². The van der Waals surface area contributed by atoms with Crippen molar-refractivity contribution in [2.24, 2.45) is 0 Å². The first-order valence-corrected chi connectivity index (χ1v) is 9.74. The van der Waals surface area contributed by atoms with Crippen molar-refractivity contribution in [1.82, 2.24) is 30.3 Å². The topological polar surface area (TPSA) is 91.7 Å². The van der Waals surface area contributed by atoms with Gasteiger partial charge in [0.05, 0.1) is 5.69 Å². The van der Waals surface area contributed by atoms with E-state index >= 15 is 0 Å². The molecule has 0 spiro atoms. The van der Waals surface area contributed by atoms with Gasteiger partial charge in [-0.25, -0.2) is 4.68 Å². The second-order valence-corrected chi connectivity index (χ2v) is 7.69. The minimum absolute atomic E-state index is 0.214. The third-order valence-electron chi connectivity index (χ3n) is 5.92. The van der Waals surface area contributed by atoms with Crippen LogP contribution in [0.25, 0.3) is 17.1 Å². The zero-order chi connectivity index (χ0) is 19.1. The van der Waals surface area contributed by atoms with Crippen molar-refractivity contribution in [2.75, 3.05) is 11.9 Å². The van der Waals surface area contributed by atoms with Crippen LogP contribution in [0.3, 0.4) is 0 Å². The lowest BCUT2D eigenvalue weighted by molar-refractivity contribution is 0.353. The van der Waals surface area contributed by atoms with E-state index in [4.69, 9.17) is 0 Å². The van der Waals surface area contributed by atoms with Crippen molar-refractivity contribution >= 4 is 5.82 Å². The minimum atomic E-state index is -0.214. The molecule has 0 saturated carbocycles. The Balaban J connectivity index is 1.35. The standard InChI is InChI=1S/C20H23N7O/c1-26(15-11-13-3-4-14(12-15)22-13)19-8-6-17(24-25-19)16-5-7-18(20(28)23-16)27-10-2-9-21-27/h2,5-10,13-15,22H,3-4,11-12H2,1H3,(H,23,28). The summed E-state index contributed by atoms with van der Waals surface area (Å²) < 4.78 is 1.54. The van der Waals surface area contributed by atoms with Crippen LogP contribution < -0.4 is 15.8 Å². The highest BCUT2D eigenvalue weighted by Gasteiger charge is 2.35. The van der Waals surface area contributed by atoms with Crippen molar-refractivity contribution in [1.29, 1.82) is 0 Å². The van der Waals surface area contributed by atoms with Gasteiger partial charge in [-0.15, -0.1) is 10.2 Å². The number of hydrogen-bond donors (Lipinski definition) is 2. The number of anilines is 1. The van der Waals surface area contributed by atoms with Gasteiger partial charge >= 0.3 is 0 Å². The Kier molecular flexibility index (Phi) is 4.20. The van der Waals surface area contributed by atoms with E-state index in [9.17, 15) is 4.79 Å². The summed E-state index contributed by atoms with van der Waals surface area (Å²) in [5.74, 6) is 0.866. The molecular formula is C20H23N7O. The van der Waals surface area contributed by atoms with Gasteiger partial charge in [0.1, 0.15) is 11.4 Å². The molecule has 28 heavy (non-hydrogen) atoms. The number of hydrogen-bond acceptors (Lipinski definition) is 6. The maximum absolute atomic E-state index is 12.4. The fourth-order valence-electron chi connectivity index (χ4n) is 4.39. The van der Waals surface area contributed by atoms with E-state index in [2.05, 4.69) is 37.5 Å². The fraction of sp³-hybridized carbons (Fsp3) is 0.400. The Hall–Kier alpha value is -3.00. The van der Waals surface area contributed by atoms with Gasteiger partial charge < -0.3 is 15.2 Å². The molecule has 2 fully saturated rings. The maximum atomic E-state index is 12.4. The first kappa shape index (κ1) is 17.1. The van der Waals surface area contributed by atoms with E-state index in [1.165, 1.54) is 12.8 Å². The summed E-state index contributed by atoms with van der Waals surface area (Å²) in [7, 11) is 2.10. The molecule has 3 aromatic rings. The monoisotopic (exact) mass is 377 g/mol. The molecule has 2 saturated heterocycles. The van der Waals surface area contributed by atoms with E-state index in [0.29, 0.717) is 35.2 Å². The van der Waals surface area contributed by atoms with Crippen LogP contribution in [0.5, 0.6) is 0 Å². The maximum Gasteiger partial charge on any atom is 0.274 e. The Bertz CT molecular complexity index is 1000. The summed E-state index contributed by atoms with van der Waals surface area (Å²) in [5, 5.41) is 16.5. The van der Waals surface area contributed by atoms with E-state index in [0.717, 1.165) is 18.7 Å². The van der Waals surface area contributed by atoms with Crippen molar-refractivity contribution in [3.05, 3.63) is 53.1 Å². The quantitative estimate of drug-likeness (QED) is 0.720. The van der Waals surface area contributed by atoms with Crippen LogP contribution in [0.2, 0.25) is 0 Å². The van der Waals surface area contributed by atoms with Crippen molar-refractivity contribution in [3.63, 3.8) is 0 Å². The van der Waals surface area contributed by atoms with Crippen LogP contribution in [0, 0.1) is 0 Å². The molecule has 3 aromatic heterocycles. The summed E-state index contributed by atoms with van der Waals surface area (Å²) in [6.45, 7) is 0. The molecule has 2 N–H and O–H groups in total. The van der Waals surface area contributed by atoms with Crippen LogP contribution in [0.1, 0.15) is 25.7 Å². The first-order chi connectivity index (χ1) is 13.7. The summed E-state index contributed by atoms with van der Waals surface area (Å²) in [4.78, 5) is 17.5. The first-order valence-electron chi connectivity index (χ1n) is 9.74.